The molecule has 0 radical (unpaired) electrons. The first kappa shape index (κ1) is 17.0. The minimum absolute atomic E-state index is 0.0918. The van der Waals surface area contributed by atoms with Gasteiger partial charge in [0, 0.05) is 13.1 Å². The number of likely N-dealkylation sites (N-methyl/N-ethyl adjacent to an activating group) is 1. The lowest BCUT2D eigenvalue weighted by Crippen LogP contribution is -2.25. The maximum atomic E-state index is 11.7. The van der Waals surface area contributed by atoms with Crippen LogP contribution in [-0.4, -0.2) is 42.2 Å². The van der Waals surface area contributed by atoms with Gasteiger partial charge >= 0.3 is 5.97 Å². The number of ether oxygens (including phenoxy) is 1. The number of rotatable bonds is 3. The Morgan fingerprint density at radius 2 is 1.77 bits per heavy atom. The summed E-state index contributed by atoms with van der Waals surface area (Å²) in [6.07, 6.45) is 7.07. The molecule has 22 heavy (non-hydrogen) atoms. The smallest absolute Gasteiger partial charge is 0.339 e. The number of carbonyl (C=O) groups is 1. The van der Waals surface area contributed by atoms with Crippen LogP contribution in [0.4, 0.5) is 0 Å². The molecule has 1 saturated heterocycles. The number of likely N-dealkylation sites (tertiary alicyclic amines) is 1. The molecule has 1 aliphatic heterocycles. The van der Waals surface area contributed by atoms with E-state index in [9.17, 15) is 9.90 Å². The van der Waals surface area contributed by atoms with Crippen LogP contribution >= 0.6 is 0 Å². The fraction of sp³-hybridized carbons (Fsp3) is 0.611. The normalized spacial score (nSPS) is 22.7. The monoisotopic (exact) mass is 305 g/mol. The summed E-state index contributed by atoms with van der Waals surface area (Å²) in [7, 11) is 1.99. The highest BCUT2D eigenvalue weighted by Gasteiger charge is 2.26. The van der Waals surface area contributed by atoms with Crippen LogP contribution in [0.3, 0.4) is 0 Å². The van der Waals surface area contributed by atoms with E-state index in [1.165, 1.54) is 32.1 Å². The van der Waals surface area contributed by atoms with Crippen LogP contribution in [0.15, 0.2) is 30.3 Å². The summed E-state index contributed by atoms with van der Waals surface area (Å²) >= 11 is 0. The van der Waals surface area contributed by atoms with E-state index in [1.54, 1.807) is 24.3 Å². The summed E-state index contributed by atoms with van der Waals surface area (Å²) in [4.78, 5) is 13.8. The third-order valence-corrected chi connectivity index (χ3v) is 4.22. The zero-order chi connectivity index (χ0) is 15.8. The Hall–Kier alpha value is -1.39. The molecule has 1 aliphatic carbocycles. The fourth-order valence-electron chi connectivity index (χ4n) is 2.87. The Morgan fingerprint density at radius 1 is 1.18 bits per heavy atom. The third-order valence-electron chi connectivity index (χ3n) is 4.22. The Labute approximate surface area is 133 Å². The molecule has 1 N–H and O–H groups in total. The van der Waals surface area contributed by atoms with Crippen molar-refractivity contribution in [3.8, 4) is 0 Å². The molecule has 3 rings (SSSR count). The molecule has 1 heterocycles. The summed E-state index contributed by atoms with van der Waals surface area (Å²) in [5.41, 5.74) is 0.573. The Bertz CT molecular complexity index is 437. The SMILES string of the molecule is C1CCCC1.CN1CCC(OC(=O)C(O)c2ccccc2)C1. The van der Waals surface area contributed by atoms with E-state index in [4.69, 9.17) is 4.74 Å². The number of aliphatic hydroxyl groups is 1. The first-order chi connectivity index (χ1) is 10.7. The highest BCUT2D eigenvalue weighted by molar-refractivity contribution is 5.76. The Balaban J connectivity index is 0.000000299. The van der Waals surface area contributed by atoms with Crippen LogP contribution in [-0.2, 0) is 9.53 Å². The number of carbonyl (C=O) groups excluding carboxylic acids is 1. The summed E-state index contributed by atoms with van der Waals surface area (Å²) in [5.74, 6) is -0.559. The van der Waals surface area contributed by atoms with Crippen molar-refractivity contribution in [2.45, 2.75) is 50.7 Å². The number of benzene rings is 1. The van der Waals surface area contributed by atoms with Gasteiger partial charge in [0.2, 0.25) is 0 Å². The fourth-order valence-corrected chi connectivity index (χ4v) is 2.87. The van der Waals surface area contributed by atoms with Crippen molar-refractivity contribution >= 4 is 5.97 Å². The number of hydrogen-bond acceptors (Lipinski definition) is 4. The quantitative estimate of drug-likeness (QED) is 0.872. The molecule has 1 saturated carbocycles. The van der Waals surface area contributed by atoms with E-state index in [0.29, 0.717) is 5.56 Å². The molecule has 122 valence electrons. The van der Waals surface area contributed by atoms with E-state index in [0.717, 1.165) is 19.5 Å². The molecule has 2 aliphatic rings. The van der Waals surface area contributed by atoms with Gasteiger partial charge in [-0.05, 0) is 19.0 Å². The van der Waals surface area contributed by atoms with Gasteiger partial charge in [-0.15, -0.1) is 0 Å². The number of esters is 1. The second-order valence-corrected chi connectivity index (χ2v) is 6.19. The first-order valence-electron chi connectivity index (χ1n) is 8.29. The number of aliphatic hydroxyl groups excluding tert-OH is 1. The maximum Gasteiger partial charge on any atom is 0.339 e. The van der Waals surface area contributed by atoms with E-state index in [2.05, 4.69) is 4.90 Å². The Kier molecular flexibility index (Phi) is 6.87. The lowest BCUT2D eigenvalue weighted by Gasteiger charge is -2.15. The summed E-state index contributed by atoms with van der Waals surface area (Å²) < 4.78 is 5.27. The zero-order valence-electron chi connectivity index (χ0n) is 13.4. The number of hydrogen-bond donors (Lipinski definition) is 1. The molecule has 4 heteroatoms. The first-order valence-corrected chi connectivity index (χ1v) is 8.29. The van der Waals surface area contributed by atoms with E-state index in [1.807, 2.05) is 13.1 Å². The van der Waals surface area contributed by atoms with Gasteiger partial charge < -0.3 is 14.7 Å². The van der Waals surface area contributed by atoms with Crippen LogP contribution in [0.2, 0.25) is 0 Å². The van der Waals surface area contributed by atoms with Gasteiger partial charge in [-0.2, -0.15) is 0 Å². The molecule has 0 amide bonds. The molecule has 1 aromatic rings. The molecular formula is C18H27NO3. The second-order valence-electron chi connectivity index (χ2n) is 6.19. The van der Waals surface area contributed by atoms with Gasteiger partial charge in [-0.1, -0.05) is 62.4 Å². The van der Waals surface area contributed by atoms with E-state index < -0.39 is 12.1 Å². The summed E-state index contributed by atoms with van der Waals surface area (Å²) in [6.45, 7) is 1.67. The number of nitrogens with zero attached hydrogens (tertiary/aromatic N) is 1. The maximum absolute atomic E-state index is 11.7. The Morgan fingerprint density at radius 3 is 2.27 bits per heavy atom. The highest BCUT2D eigenvalue weighted by Crippen LogP contribution is 2.18. The molecule has 1 aromatic carbocycles. The molecule has 2 fully saturated rings. The third kappa shape index (κ3) is 5.43. The lowest BCUT2D eigenvalue weighted by molar-refractivity contribution is -0.158. The van der Waals surface area contributed by atoms with Crippen molar-refractivity contribution < 1.29 is 14.6 Å². The van der Waals surface area contributed by atoms with Crippen LogP contribution < -0.4 is 0 Å². The molecule has 2 unspecified atom stereocenters. The largest absolute Gasteiger partial charge is 0.459 e. The van der Waals surface area contributed by atoms with Crippen molar-refractivity contribution in [3.05, 3.63) is 35.9 Å². The summed E-state index contributed by atoms with van der Waals surface area (Å²) in [5, 5.41) is 9.83. The van der Waals surface area contributed by atoms with Crippen molar-refractivity contribution in [1.29, 1.82) is 0 Å². The van der Waals surface area contributed by atoms with Gasteiger partial charge in [0.1, 0.15) is 6.10 Å². The lowest BCUT2D eigenvalue weighted by atomic mass is 10.1. The van der Waals surface area contributed by atoms with Crippen LogP contribution in [0.25, 0.3) is 0 Å². The van der Waals surface area contributed by atoms with E-state index in [-0.39, 0.29) is 6.10 Å². The molecule has 0 aromatic heterocycles. The molecule has 0 bridgehead atoms. The molecular weight excluding hydrogens is 278 g/mol. The molecule has 4 nitrogen and oxygen atoms in total. The molecule has 0 spiro atoms. The molecule has 2 atom stereocenters. The van der Waals surface area contributed by atoms with Gasteiger partial charge in [0.25, 0.3) is 0 Å². The average Bonchev–Trinajstić information content (AvgIpc) is 3.22. The zero-order valence-corrected chi connectivity index (χ0v) is 13.4. The van der Waals surface area contributed by atoms with Gasteiger partial charge in [0.05, 0.1) is 0 Å². The standard InChI is InChI=1S/C13H17NO3.C5H10/c1-14-8-7-11(9-14)17-13(16)12(15)10-5-3-2-4-6-10;1-2-4-5-3-1/h2-6,11-12,15H,7-9H2,1H3;1-5H2. The van der Waals surface area contributed by atoms with Crippen molar-refractivity contribution in [1.82, 2.24) is 4.90 Å². The average molecular weight is 305 g/mol. The predicted octanol–water partition coefficient (Wildman–Crippen LogP) is 2.92. The predicted molar refractivity (Wildman–Crippen MR) is 86.5 cm³/mol. The van der Waals surface area contributed by atoms with Crippen molar-refractivity contribution in [3.63, 3.8) is 0 Å². The van der Waals surface area contributed by atoms with Crippen molar-refractivity contribution in [2.24, 2.45) is 0 Å². The minimum atomic E-state index is -1.18. The van der Waals surface area contributed by atoms with Gasteiger partial charge in [0.15, 0.2) is 6.10 Å². The van der Waals surface area contributed by atoms with Crippen LogP contribution in [0, 0.1) is 0 Å². The minimum Gasteiger partial charge on any atom is -0.459 e. The highest BCUT2D eigenvalue weighted by atomic mass is 16.6. The van der Waals surface area contributed by atoms with Gasteiger partial charge in [-0.3, -0.25) is 0 Å². The van der Waals surface area contributed by atoms with Crippen molar-refractivity contribution in [2.75, 3.05) is 20.1 Å². The van der Waals surface area contributed by atoms with Crippen LogP contribution in [0.5, 0.6) is 0 Å². The summed E-state index contributed by atoms with van der Waals surface area (Å²) in [6, 6.07) is 8.84. The van der Waals surface area contributed by atoms with Crippen LogP contribution in [0.1, 0.15) is 50.2 Å². The topological polar surface area (TPSA) is 49.8 Å². The second kappa shape index (κ2) is 8.91. The van der Waals surface area contributed by atoms with E-state index >= 15 is 0 Å². The van der Waals surface area contributed by atoms with Gasteiger partial charge in [-0.25, -0.2) is 4.79 Å².